The Morgan fingerprint density at radius 1 is 0.877 bits per heavy atom. The lowest BCUT2D eigenvalue weighted by Crippen LogP contribution is -2.39. The summed E-state index contributed by atoms with van der Waals surface area (Å²) >= 11 is 0. The summed E-state index contributed by atoms with van der Waals surface area (Å²) in [6.45, 7) is 6.00. The summed E-state index contributed by atoms with van der Waals surface area (Å²) in [4.78, 5) is 42.5. The molecule has 310 valence electrons. The van der Waals surface area contributed by atoms with Gasteiger partial charge in [-0.05, 0) is 75.1 Å². The van der Waals surface area contributed by atoms with Crippen LogP contribution in [0.25, 0.3) is 0 Å². The molecule has 1 aliphatic heterocycles. The summed E-state index contributed by atoms with van der Waals surface area (Å²) in [6.07, 6.45) is -11.8. The summed E-state index contributed by atoms with van der Waals surface area (Å²) < 4.78 is 106. The predicted molar refractivity (Wildman–Crippen MR) is 186 cm³/mol. The monoisotopic (exact) mass is 818 g/mol. The van der Waals surface area contributed by atoms with Gasteiger partial charge >= 0.3 is 36.1 Å². The van der Waals surface area contributed by atoms with Gasteiger partial charge in [-0.25, -0.2) is 0 Å². The minimum absolute atomic E-state index is 0.0998. The molecule has 5 rings (SSSR count). The molecule has 0 saturated carbocycles. The van der Waals surface area contributed by atoms with Crippen LogP contribution in [0.15, 0.2) is 89.5 Å². The van der Waals surface area contributed by atoms with E-state index < -0.39 is 48.4 Å². The summed E-state index contributed by atoms with van der Waals surface area (Å²) in [7, 11) is 0. The van der Waals surface area contributed by atoms with Gasteiger partial charge in [0.2, 0.25) is 6.29 Å². The van der Waals surface area contributed by atoms with E-state index in [-0.39, 0.29) is 6.04 Å². The van der Waals surface area contributed by atoms with Gasteiger partial charge in [0.1, 0.15) is 5.76 Å². The number of ketones is 2. The third kappa shape index (κ3) is 14.9. The number of likely N-dealkylation sites (tertiary alicyclic amines) is 1. The fourth-order valence-electron chi connectivity index (χ4n) is 5.95. The summed E-state index contributed by atoms with van der Waals surface area (Å²) in [5, 5.41) is 18.1. The summed E-state index contributed by atoms with van der Waals surface area (Å²) in [5.41, 5.74) is 4.87. The average Bonchev–Trinajstić information content (AvgIpc) is 3.85. The first-order valence-corrected chi connectivity index (χ1v) is 17.4. The molecule has 4 aromatic rings. The van der Waals surface area contributed by atoms with Crippen LogP contribution in [0.4, 0.5) is 39.5 Å². The van der Waals surface area contributed by atoms with Crippen LogP contribution in [0.1, 0.15) is 72.5 Å². The second-order valence-electron chi connectivity index (χ2n) is 12.7. The molecule has 2 aromatic carbocycles. The number of furan rings is 1. The molecule has 2 aromatic heterocycles. The molecule has 1 aliphatic rings. The lowest BCUT2D eigenvalue weighted by atomic mass is 9.92. The first-order valence-electron chi connectivity index (χ1n) is 17.4. The molecule has 1 fully saturated rings. The van der Waals surface area contributed by atoms with Gasteiger partial charge in [-0.3, -0.25) is 29.2 Å². The minimum Gasteiger partial charge on any atom is -0.480 e. The smallest absolute Gasteiger partial charge is 0.458 e. The van der Waals surface area contributed by atoms with E-state index in [2.05, 4.69) is 70.4 Å². The molecule has 0 bridgehead atoms. The van der Waals surface area contributed by atoms with Crippen molar-refractivity contribution in [2.75, 3.05) is 19.6 Å². The van der Waals surface area contributed by atoms with Crippen LogP contribution < -0.4 is 5.32 Å². The zero-order valence-corrected chi connectivity index (χ0v) is 30.3. The van der Waals surface area contributed by atoms with Gasteiger partial charge in [0, 0.05) is 30.6 Å². The number of Topliss-reactive ketones (excluding diaryl/α,β-unsaturated/α-hetero) is 2. The quantitative estimate of drug-likeness (QED) is 0.0787. The van der Waals surface area contributed by atoms with Crippen molar-refractivity contribution in [3.8, 4) is 0 Å². The van der Waals surface area contributed by atoms with Crippen molar-refractivity contribution in [2.45, 2.75) is 75.7 Å². The number of carboxylic acid groups (broad SMARTS) is 1. The highest BCUT2D eigenvalue weighted by Gasteiger charge is 2.54. The van der Waals surface area contributed by atoms with Crippen molar-refractivity contribution in [3.63, 3.8) is 0 Å². The van der Waals surface area contributed by atoms with Crippen molar-refractivity contribution in [2.24, 2.45) is 0 Å². The van der Waals surface area contributed by atoms with Crippen LogP contribution in [0.5, 0.6) is 0 Å². The molecule has 0 aliphatic carbocycles. The number of piperidine rings is 1. The second kappa shape index (κ2) is 20.7. The number of aldehydes is 1. The maximum Gasteiger partial charge on any atom is 0.458 e. The molecule has 0 amide bonds. The number of carbonyl (C=O) groups excluding carboxylic acids is 3. The maximum atomic E-state index is 12.1. The van der Waals surface area contributed by atoms with Crippen LogP contribution in [-0.4, -0.2) is 81.8 Å². The number of benzene rings is 2. The molecular formula is C38H39F9N4O6. The highest BCUT2D eigenvalue weighted by molar-refractivity contribution is 6.41. The molecule has 57 heavy (non-hydrogen) atoms. The Morgan fingerprint density at radius 3 is 1.88 bits per heavy atom. The number of aliphatic carboxylic acids is 1. The second-order valence-corrected chi connectivity index (χ2v) is 12.7. The standard InChI is InChI=1S/C32H38N4O3.C4F6O2.C2HF3O/c1-2-36-29(23-27(34-36)22-24-10-5-3-6-11-24)26-15-18-35(19-16-26)20-17-28(25-12-7-4-8-13-25)33-31(32(37)38)30-14-9-21-39-30;5-3(6,7)1(11)2(12)4(8,9)10;3-2(4,5)1-6/h3-14,21,23,26,28,31,33H,2,15-20,22H2,1H3,(H,37,38);;1H/t28-,31?;;/m0../s1. The van der Waals surface area contributed by atoms with E-state index in [9.17, 15) is 59.0 Å². The number of aromatic nitrogens is 2. The lowest BCUT2D eigenvalue weighted by Gasteiger charge is -2.33. The minimum atomic E-state index is -5.77. The number of carbonyl (C=O) groups is 4. The van der Waals surface area contributed by atoms with Gasteiger partial charge in [-0.2, -0.15) is 44.6 Å². The van der Waals surface area contributed by atoms with Gasteiger partial charge in [0.05, 0.1) is 12.0 Å². The molecule has 0 spiro atoms. The Balaban J connectivity index is 0.000000403. The molecule has 2 atom stereocenters. The van der Waals surface area contributed by atoms with Crippen LogP contribution in [0, 0.1) is 0 Å². The number of hydrogen-bond donors (Lipinski definition) is 2. The van der Waals surface area contributed by atoms with E-state index in [0.717, 1.165) is 63.1 Å². The fraction of sp³-hybridized carbons (Fsp3) is 0.395. The van der Waals surface area contributed by atoms with E-state index >= 15 is 0 Å². The van der Waals surface area contributed by atoms with Crippen LogP contribution in [0.3, 0.4) is 0 Å². The van der Waals surface area contributed by atoms with Crippen LogP contribution >= 0.6 is 0 Å². The average molecular weight is 819 g/mol. The molecular weight excluding hydrogens is 779 g/mol. The Morgan fingerprint density at radius 2 is 1.42 bits per heavy atom. The molecule has 19 heteroatoms. The Kier molecular flexibility index (Phi) is 16.8. The third-order valence-corrected chi connectivity index (χ3v) is 8.63. The fourth-order valence-corrected chi connectivity index (χ4v) is 5.95. The van der Waals surface area contributed by atoms with Gasteiger partial charge in [0.25, 0.3) is 0 Å². The zero-order chi connectivity index (χ0) is 42.4. The molecule has 0 radical (unpaired) electrons. The predicted octanol–water partition coefficient (Wildman–Crippen LogP) is 7.81. The first-order chi connectivity index (χ1) is 26.7. The van der Waals surface area contributed by atoms with Gasteiger partial charge in [0.15, 0.2) is 6.04 Å². The number of halogens is 9. The molecule has 10 nitrogen and oxygen atoms in total. The Bertz CT molecular complexity index is 1830. The van der Waals surface area contributed by atoms with Gasteiger partial charge < -0.3 is 14.4 Å². The number of aryl methyl sites for hydroxylation is 1. The maximum absolute atomic E-state index is 12.1. The normalized spacial score (nSPS) is 15.0. The Labute approximate surface area is 320 Å². The molecule has 3 heterocycles. The summed E-state index contributed by atoms with van der Waals surface area (Å²) in [6, 6.07) is 25.4. The number of alkyl halides is 9. The molecule has 1 saturated heterocycles. The number of nitrogens with one attached hydrogen (secondary N) is 1. The van der Waals surface area contributed by atoms with Gasteiger partial charge in [-0.15, -0.1) is 0 Å². The first kappa shape index (κ1) is 46.1. The highest BCUT2D eigenvalue weighted by Crippen LogP contribution is 2.31. The van der Waals surface area contributed by atoms with E-state index in [1.54, 1.807) is 12.1 Å². The van der Waals surface area contributed by atoms with E-state index in [1.807, 2.05) is 18.2 Å². The van der Waals surface area contributed by atoms with Crippen LogP contribution in [-0.2, 0) is 32.1 Å². The largest absolute Gasteiger partial charge is 0.480 e. The topological polar surface area (TPSA) is 135 Å². The summed E-state index contributed by atoms with van der Waals surface area (Å²) in [5.74, 6) is -6.82. The number of rotatable bonds is 13. The van der Waals surface area contributed by atoms with Crippen molar-refractivity contribution in [1.82, 2.24) is 20.0 Å². The van der Waals surface area contributed by atoms with Crippen molar-refractivity contribution < 1.29 is 68.2 Å². The molecule has 2 N–H and O–H groups in total. The lowest BCUT2D eigenvalue weighted by molar-refractivity contribution is -0.193. The third-order valence-electron chi connectivity index (χ3n) is 8.63. The van der Waals surface area contributed by atoms with Crippen molar-refractivity contribution in [3.05, 3.63) is 113 Å². The van der Waals surface area contributed by atoms with E-state index in [0.29, 0.717) is 11.7 Å². The molecule has 1 unspecified atom stereocenters. The van der Waals surface area contributed by atoms with E-state index in [1.165, 1.54) is 17.5 Å². The van der Waals surface area contributed by atoms with E-state index in [4.69, 9.17) is 14.3 Å². The van der Waals surface area contributed by atoms with Gasteiger partial charge in [-0.1, -0.05) is 60.7 Å². The number of carboxylic acids is 1. The van der Waals surface area contributed by atoms with Crippen molar-refractivity contribution in [1.29, 1.82) is 0 Å². The SMILES string of the molecule is CCn1nc(Cc2ccccc2)cc1C1CCN(CC[C@H](NC(C(=O)O)c2ccco2)c2ccccc2)CC1.O=C(C(=O)C(F)(F)F)C(F)(F)F.O=CC(F)(F)F. The Hall–Kier alpha value is -5.30. The van der Waals surface area contributed by atoms with Crippen LogP contribution in [0.2, 0.25) is 0 Å². The number of hydrogen-bond acceptors (Lipinski definition) is 8. The van der Waals surface area contributed by atoms with Crippen molar-refractivity contribution >= 4 is 23.8 Å². The highest BCUT2D eigenvalue weighted by atomic mass is 19.4. The zero-order valence-electron chi connectivity index (χ0n) is 30.3. The number of nitrogens with zero attached hydrogens (tertiary/aromatic N) is 3.